The topological polar surface area (TPSA) is 64.0 Å². The van der Waals surface area contributed by atoms with Crippen LogP contribution in [0.2, 0.25) is 0 Å². The number of rotatable bonds is 6. The number of nitrogens with zero attached hydrogens (tertiary/aromatic N) is 3. The number of ether oxygens (including phenoxy) is 1. The fourth-order valence-corrected chi connectivity index (χ4v) is 5.29. The van der Waals surface area contributed by atoms with Crippen LogP contribution in [-0.2, 0) is 19.7 Å². The number of hydrogen-bond donors (Lipinski definition) is 2. The van der Waals surface area contributed by atoms with E-state index in [9.17, 15) is 0 Å². The fourth-order valence-electron chi connectivity index (χ4n) is 5.29. The molecule has 2 N–H and O–H groups in total. The molecule has 1 saturated heterocycles. The molecule has 2 fully saturated rings. The average molecular weight is 464 g/mol. The first kappa shape index (κ1) is 20.9. The molecule has 0 amide bonds. The van der Waals surface area contributed by atoms with E-state index in [1.807, 2.05) is 24.5 Å². The second-order valence-corrected chi connectivity index (χ2v) is 10.1. The summed E-state index contributed by atoms with van der Waals surface area (Å²) in [6, 6.07) is 21.4. The second-order valence-electron chi connectivity index (χ2n) is 10.1. The molecule has 0 unspecified atom stereocenters. The van der Waals surface area contributed by atoms with Crippen LogP contribution < -0.4 is 15.4 Å². The van der Waals surface area contributed by atoms with Gasteiger partial charge >= 0.3 is 0 Å². The van der Waals surface area contributed by atoms with Crippen LogP contribution in [-0.4, -0.2) is 33.4 Å². The van der Waals surface area contributed by atoms with Crippen LogP contribution in [0, 0.1) is 0 Å². The highest BCUT2D eigenvalue weighted by Crippen LogP contribution is 2.40. The van der Waals surface area contributed by atoms with Crippen molar-refractivity contribution in [3.8, 4) is 28.1 Å². The average Bonchev–Trinajstić information content (AvgIpc) is 3.68. The van der Waals surface area contributed by atoms with Crippen LogP contribution in [0.1, 0.15) is 35.6 Å². The first-order valence-electron chi connectivity index (χ1n) is 12.5. The smallest absolute Gasteiger partial charge is 0.119 e. The maximum absolute atomic E-state index is 6.11. The van der Waals surface area contributed by atoms with Gasteiger partial charge in [0, 0.05) is 43.2 Å². The third-order valence-corrected chi connectivity index (χ3v) is 7.60. The zero-order chi connectivity index (χ0) is 23.2. The van der Waals surface area contributed by atoms with Crippen molar-refractivity contribution in [3.05, 3.63) is 89.9 Å². The van der Waals surface area contributed by atoms with Gasteiger partial charge < -0.3 is 15.4 Å². The molecule has 4 heterocycles. The summed E-state index contributed by atoms with van der Waals surface area (Å²) in [6.45, 7) is 4.25. The molecule has 7 rings (SSSR count). The Morgan fingerprint density at radius 1 is 0.914 bits per heavy atom. The molecular formula is C29H29N5O. The van der Waals surface area contributed by atoms with Crippen molar-refractivity contribution in [1.82, 2.24) is 25.4 Å². The van der Waals surface area contributed by atoms with E-state index < -0.39 is 0 Å². The van der Waals surface area contributed by atoms with Gasteiger partial charge in [-0.25, -0.2) is 0 Å². The predicted octanol–water partition coefficient (Wildman–Crippen LogP) is 4.51. The normalized spacial score (nSPS) is 18.2. The number of fused-ring (bicyclic) bond motifs is 1. The van der Waals surface area contributed by atoms with Crippen LogP contribution >= 0.6 is 0 Å². The zero-order valence-corrected chi connectivity index (χ0v) is 19.7. The van der Waals surface area contributed by atoms with Crippen LogP contribution in [0.5, 0.6) is 5.75 Å². The van der Waals surface area contributed by atoms with Gasteiger partial charge in [-0.3, -0.25) is 9.67 Å². The molecule has 0 radical (unpaired) electrons. The first-order valence-corrected chi connectivity index (χ1v) is 12.5. The Morgan fingerprint density at radius 2 is 1.69 bits per heavy atom. The van der Waals surface area contributed by atoms with Crippen LogP contribution in [0.25, 0.3) is 22.4 Å². The maximum Gasteiger partial charge on any atom is 0.119 e. The molecule has 1 spiro atoms. The van der Waals surface area contributed by atoms with Crippen molar-refractivity contribution in [3.63, 3.8) is 0 Å². The molecule has 6 heteroatoms. The van der Waals surface area contributed by atoms with E-state index in [-0.39, 0.29) is 5.54 Å². The number of pyridine rings is 1. The van der Waals surface area contributed by atoms with Crippen molar-refractivity contribution < 1.29 is 4.74 Å². The number of hydrogen-bond acceptors (Lipinski definition) is 5. The summed E-state index contributed by atoms with van der Waals surface area (Å²) in [6.07, 6.45) is 6.34. The molecular weight excluding hydrogens is 434 g/mol. The quantitative estimate of drug-likeness (QED) is 0.440. The van der Waals surface area contributed by atoms with Crippen molar-refractivity contribution >= 4 is 0 Å². The van der Waals surface area contributed by atoms with E-state index in [0.29, 0.717) is 6.61 Å². The monoisotopic (exact) mass is 463 g/mol. The summed E-state index contributed by atoms with van der Waals surface area (Å²) in [5, 5.41) is 12.3. The number of nitrogens with one attached hydrogen (secondary N) is 2. The van der Waals surface area contributed by atoms with Gasteiger partial charge in [0.2, 0.25) is 0 Å². The molecule has 35 heavy (non-hydrogen) atoms. The molecule has 0 bridgehead atoms. The van der Waals surface area contributed by atoms with Crippen molar-refractivity contribution in [2.45, 2.75) is 44.0 Å². The van der Waals surface area contributed by atoms with E-state index in [4.69, 9.17) is 9.84 Å². The second kappa shape index (κ2) is 8.33. The lowest BCUT2D eigenvalue weighted by Gasteiger charge is -2.46. The van der Waals surface area contributed by atoms with Crippen LogP contribution in [0.4, 0.5) is 0 Å². The van der Waals surface area contributed by atoms with Crippen LogP contribution in [0.3, 0.4) is 0 Å². The number of benzene rings is 2. The zero-order valence-electron chi connectivity index (χ0n) is 19.7. The summed E-state index contributed by atoms with van der Waals surface area (Å²) in [5.74, 6) is 1.67. The molecule has 4 aromatic rings. The van der Waals surface area contributed by atoms with E-state index in [2.05, 4.69) is 68.8 Å². The molecule has 1 saturated carbocycles. The van der Waals surface area contributed by atoms with Crippen molar-refractivity contribution in [2.75, 3.05) is 13.1 Å². The summed E-state index contributed by atoms with van der Waals surface area (Å²) in [4.78, 5) is 4.20. The molecule has 2 aromatic carbocycles. The maximum atomic E-state index is 6.11. The molecule has 176 valence electrons. The third kappa shape index (κ3) is 3.93. The lowest BCUT2D eigenvalue weighted by Crippen LogP contribution is -2.71. The third-order valence-electron chi connectivity index (χ3n) is 7.60. The highest BCUT2D eigenvalue weighted by Gasteiger charge is 2.41. The first-order chi connectivity index (χ1) is 17.3. The van der Waals surface area contributed by atoms with Crippen molar-refractivity contribution in [1.29, 1.82) is 0 Å². The Morgan fingerprint density at radius 3 is 2.37 bits per heavy atom. The van der Waals surface area contributed by atoms with Gasteiger partial charge in [-0.05, 0) is 59.7 Å². The van der Waals surface area contributed by atoms with E-state index in [1.165, 1.54) is 35.2 Å². The lowest BCUT2D eigenvalue weighted by atomic mass is 9.89. The van der Waals surface area contributed by atoms with Gasteiger partial charge in [0.05, 0.1) is 17.8 Å². The molecule has 3 aliphatic rings. The van der Waals surface area contributed by atoms with Gasteiger partial charge in [-0.2, -0.15) is 5.10 Å². The Kier molecular flexibility index (Phi) is 4.96. The highest BCUT2D eigenvalue weighted by molar-refractivity contribution is 5.83. The molecule has 2 aromatic heterocycles. The fraction of sp³-hybridized carbons (Fsp3) is 0.310. The number of aromatic nitrogens is 3. The molecule has 2 aliphatic heterocycles. The Balaban J connectivity index is 1.15. The van der Waals surface area contributed by atoms with Crippen LogP contribution in [0.15, 0.2) is 73.1 Å². The molecule has 0 atom stereocenters. The Bertz CT molecular complexity index is 1340. The summed E-state index contributed by atoms with van der Waals surface area (Å²) >= 11 is 0. The minimum absolute atomic E-state index is 0.125. The standard InChI is InChI=1S/C29H29N5O/c1-3-21(22-5-6-22)4-2-20(1)16-35-25-9-7-23(8-10-25)27-26-15-32-29(17-31-18-29)19-34(26)33-28(27)24-11-13-30-14-12-24/h1-4,7-14,22,31-32H,5-6,15-19H2. The Labute approximate surface area is 205 Å². The van der Waals surface area contributed by atoms with E-state index in [0.717, 1.165) is 54.7 Å². The summed E-state index contributed by atoms with van der Waals surface area (Å²) < 4.78 is 8.32. The highest BCUT2D eigenvalue weighted by atomic mass is 16.5. The van der Waals surface area contributed by atoms with E-state index >= 15 is 0 Å². The summed E-state index contributed by atoms with van der Waals surface area (Å²) in [5.41, 5.74) is 8.47. The largest absolute Gasteiger partial charge is 0.489 e. The minimum atomic E-state index is 0.125. The van der Waals surface area contributed by atoms with Gasteiger partial charge in [-0.15, -0.1) is 0 Å². The molecule has 6 nitrogen and oxygen atoms in total. The Hall–Kier alpha value is -3.48. The van der Waals surface area contributed by atoms with Gasteiger partial charge in [0.25, 0.3) is 0 Å². The lowest BCUT2D eigenvalue weighted by molar-refractivity contribution is 0.153. The van der Waals surface area contributed by atoms with Gasteiger partial charge in [-0.1, -0.05) is 36.4 Å². The van der Waals surface area contributed by atoms with Crippen molar-refractivity contribution in [2.24, 2.45) is 0 Å². The predicted molar refractivity (Wildman–Crippen MR) is 136 cm³/mol. The molecule has 1 aliphatic carbocycles. The summed E-state index contributed by atoms with van der Waals surface area (Å²) in [7, 11) is 0. The SMILES string of the molecule is c1cc(-c2nn3c(c2-c2ccc(OCc4ccc(C5CC5)cc4)cc2)CNC2(CNC2)C3)ccn1. The van der Waals surface area contributed by atoms with Gasteiger partial charge in [0.15, 0.2) is 0 Å². The van der Waals surface area contributed by atoms with E-state index in [1.54, 1.807) is 0 Å². The minimum Gasteiger partial charge on any atom is -0.489 e. The van der Waals surface area contributed by atoms with Gasteiger partial charge in [0.1, 0.15) is 18.1 Å².